The van der Waals surface area contributed by atoms with Crippen LogP contribution in [0.1, 0.15) is 17.8 Å². The first-order valence-corrected chi connectivity index (χ1v) is 5.50. The Morgan fingerprint density at radius 2 is 1.73 bits per heavy atom. The third kappa shape index (κ3) is 2.81. The number of benzene rings is 1. The van der Waals surface area contributed by atoms with E-state index in [2.05, 4.69) is 36.4 Å². The van der Waals surface area contributed by atoms with Crippen LogP contribution in [-0.4, -0.2) is 0 Å². The van der Waals surface area contributed by atoms with Crippen LogP contribution in [0, 0.1) is 0 Å². The van der Waals surface area contributed by atoms with Gasteiger partial charge in [0.15, 0.2) is 0 Å². The van der Waals surface area contributed by atoms with E-state index in [0.717, 1.165) is 0 Å². The van der Waals surface area contributed by atoms with Crippen LogP contribution in [0.15, 0.2) is 42.5 Å². The molecule has 0 aliphatic rings. The zero-order chi connectivity index (χ0) is 9.97. The molecule has 2 aromatic rings. The molecule has 0 radical (unpaired) electrons. The molecule has 0 amide bonds. The number of thiophene rings is 1. The van der Waals surface area contributed by atoms with Crippen molar-refractivity contribution < 1.29 is 0 Å². The predicted octanol–water partition coefficient (Wildman–Crippen LogP) is 3.86. The molecule has 0 fully saturated rings. The largest absolute Gasteiger partial charge is 0.324 e. The van der Waals surface area contributed by atoms with Gasteiger partial charge in [-0.1, -0.05) is 30.3 Å². The van der Waals surface area contributed by atoms with Gasteiger partial charge in [-0.15, -0.1) is 23.7 Å². The summed E-state index contributed by atoms with van der Waals surface area (Å²) in [5.41, 5.74) is 7.08. The van der Waals surface area contributed by atoms with Crippen molar-refractivity contribution in [1.82, 2.24) is 0 Å². The average Bonchev–Trinajstić information content (AvgIpc) is 2.68. The van der Waals surface area contributed by atoms with E-state index in [1.165, 1.54) is 15.3 Å². The van der Waals surface area contributed by atoms with Gasteiger partial charge in [-0.25, -0.2) is 0 Å². The molecular formula is C12H14ClNS. The molecule has 1 nitrogen and oxygen atoms in total. The molecule has 0 aliphatic heterocycles. The second-order valence-electron chi connectivity index (χ2n) is 3.36. The lowest BCUT2D eigenvalue weighted by Gasteiger charge is -1.99. The molecule has 0 unspecified atom stereocenters. The Morgan fingerprint density at radius 1 is 1.07 bits per heavy atom. The van der Waals surface area contributed by atoms with Crippen LogP contribution in [-0.2, 0) is 0 Å². The predicted molar refractivity (Wildman–Crippen MR) is 69.6 cm³/mol. The van der Waals surface area contributed by atoms with Crippen molar-refractivity contribution >= 4 is 23.7 Å². The first kappa shape index (κ1) is 12.2. The fourth-order valence-corrected chi connectivity index (χ4v) is 2.32. The Kier molecular flexibility index (Phi) is 4.33. The third-order valence-electron chi connectivity index (χ3n) is 2.13. The van der Waals surface area contributed by atoms with Crippen molar-refractivity contribution in [1.29, 1.82) is 0 Å². The Bertz CT molecular complexity index is 409. The molecule has 2 N–H and O–H groups in total. The quantitative estimate of drug-likeness (QED) is 0.846. The summed E-state index contributed by atoms with van der Waals surface area (Å²) in [5, 5.41) is 0. The molecule has 0 spiro atoms. The fraction of sp³-hybridized carbons (Fsp3) is 0.167. The summed E-state index contributed by atoms with van der Waals surface area (Å²) >= 11 is 1.77. The summed E-state index contributed by atoms with van der Waals surface area (Å²) in [4.78, 5) is 2.53. The molecular weight excluding hydrogens is 226 g/mol. The molecule has 0 bridgehead atoms. The minimum absolute atomic E-state index is 0. The van der Waals surface area contributed by atoms with Crippen LogP contribution in [0.25, 0.3) is 10.4 Å². The van der Waals surface area contributed by atoms with E-state index < -0.39 is 0 Å². The van der Waals surface area contributed by atoms with E-state index in [-0.39, 0.29) is 18.4 Å². The summed E-state index contributed by atoms with van der Waals surface area (Å²) in [6, 6.07) is 14.8. The number of rotatable bonds is 2. The molecule has 1 aromatic heterocycles. The topological polar surface area (TPSA) is 26.0 Å². The first-order chi connectivity index (χ1) is 6.77. The van der Waals surface area contributed by atoms with E-state index >= 15 is 0 Å². The maximum atomic E-state index is 5.82. The molecule has 3 heteroatoms. The van der Waals surface area contributed by atoms with Gasteiger partial charge in [0.05, 0.1) is 0 Å². The third-order valence-corrected chi connectivity index (χ3v) is 3.47. The fourth-order valence-electron chi connectivity index (χ4n) is 1.36. The number of halogens is 1. The highest BCUT2D eigenvalue weighted by Gasteiger charge is 2.04. The van der Waals surface area contributed by atoms with Gasteiger partial charge in [0, 0.05) is 15.8 Å². The van der Waals surface area contributed by atoms with Crippen molar-refractivity contribution in [3.05, 3.63) is 47.3 Å². The van der Waals surface area contributed by atoms with Crippen LogP contribution in [0.3, 0.4) is 0 Å². The van der Waals surface area contributed by atoms with Gasteiger partial charge in [-0.2, -0.15) is 0 Å². The van der Waals surface area contributed by atoms with E-state index in [1.807, 2.05) is 13.0 Å². The highest BCUT2D eigenvalue weighted by atomic mass is 35.5. The van der Waals surface area contributed by atoms with Gasteiger partial charge >= 0.3 is 0 Å². The Labute approximate surface area is 100 Å². The van der Waals surface area contributed by atoms with Crippen molar-refractivity contribution in [3.8, 4) is 10.4 Å². The SMILES string of the molecule is C[C@@H](N)c1ccc(-c2ccccc2)s1.Cl. The molecule has 80 valence electrons. The number of hydrogen-bond acceptors (Lipinski definition) is 2. The minimum atomic E-state index is 0. The number of hydrogen-bond donors (Lipinski definition) is 1. The van der Waals surface area contributed by atoms with Crippen LogP contribution < -0.4 is 5.73 Å². The van der Waals surface area contributed by atoms with Crippen molar-refractivity contribution in [2.45, 2.75) is 13.0 Å². The van der Waals surface area contributed by atoms with Gasteiger partial charge in [0.1, 0.15) is 0 Å². The van der Waals surface area contributed by atoms with E-state index in [0.29, 0.717) is 0 Å². The lowest BCUT2D eigenvalue weighted by Crippen LogP contribution is -2.01. The molecule has 1 heterocycles. The van der Waals surface area contributed by atoms with E-state index in [4.69, 9.17) is 5.73 Å². The molecule has 15 heavy (non-hydrogen) atoms. The second-order valence-corrected chi connectivity index (χ2v) is 4.47. The first-order valence-electron chi connectivity index (χ1n) is 4.68. The van der Waals surface area contributed by atoms with Crippen molar-refractivity contribution in [3.63, 3.8) is 0 Å². The standard InChI is InChI=1S/C12H13NS.ClH/c1-9(13)11-7-8-12(14-11)10-5-3-2-4-6-10;/h2-9H,13H2,1H3;1H/t9-;/m1./s1. The minimum Gasteiger partial charge on any atom is -0.324 e. The highest BCUT2D eigenvalue weighted by molar-refractivity contribution is 7.15. The smallest absolute Gasteiger partial charge is 0.0361 e. The summed E-state index contributed by atoms with van der Waals surface area (Å²) in [5.74, 6) is 0. The summed E-state index contributed by atoms with van der Waals surface area (Å²) in [6.07, 6.45) is 0. The molecule has 0 saturated heterocycles. The zero-order valence-corrected chi connectivity index (χ0v) is 10.1. The van der Waals surface area contributed by atoms with Crippen molar-refractivity contribution in [2.24, 2.45) is 5.73 Å². The Hall–Kier alpha value is -0.830. The molecule has 0 aliphatic carbocycles. The highest BCUT2D eigenvalue weighted by Crippen LogP contribution is 2.30. The van der Waals surface area contributed by atoms with Crippen LogP contribution >= 0.6 is 23.7 Å². The van der Waals surface area contributed by atoms with Gasteiger partial charge in [-0.3, -0.25) is 0 Å². The van der Waals surface area contributed by atoms with Gasteiger partial charge < -0.3 is 5.73 Å². The van der Waals surface area contributed by atoms with Gasteiger partial charge in [0.25, 0.3) is 0 Å². The molecule has 1 aromatic carbocycles. The van der Waals surface area contributed by atoms with E-state index in [9.17, 15) is 0 Å². The van der Waals surface area contributed by atoms with Gasteiger partial charge in [0.2, 0.25) is 0 Å². The number of nitrogens with two attached hydrogens (primary N) is 1. The summed E-state index contributed by atoms with van der Waals surface area (Å²) in [7, 11) is 0. The zero-order valence-electron chi connectivity index (χ0n) is 8.51. The van der Waals surface area contributed by atoms with Crippen molar-refractivity contribution in [2.75, 3.05) is 0 Å². The lowest BCUT2D eigenvalue weighted by atomic mass is 10.2. The van der Waals surface area contributed by atoms with Crippen LogP contribution in [0.5, 0.6) is 0 Å². The average molecular weight is 240 g/mol. The monoisotopic (exact) mass is 239 g/mol. The lowest BCUT2D eigenvalue weighted by molar-refractivity contribution is 0.838. The van der Waals surface area contributed by atoms with E-state index in [1.54, 1.807) is 11.3 Å². The van der Waals surface area contributed by atoms with Crippen LogP contribution in [0.4, 0.5) is 0 Å². The molecule has 2 rings (SSSR count). The summed E-state index contributed by atoms with van der Waals surface area (Å²) < 4.78 is 0. The van der Waals surface area contributed by atoms with Gasteiger partial charge in [-0.05, 0) is 24.6 Å². The maximum Gasteiger partial charge on any atom is 0.0361 e. The summed E-state index contributed by atoms with van der Waals surface area (Å²) in [6.45, 7) is 2.01. The maximum absolute atomic E-state index is 5.82. The molecule has 1 atom stereocenters. The normalized spacial score (nSPS) is 11.9. The molecule has 0 saturated carbocycles. The second kappa shape index (κ2) is 5.31. The Morgan fingerprint density at radius 3 is 2.27 bits per heavy atom. The Balaban J connectivity index is 0.00000112. The van der Waals surface area contributed by atoms with Crippen LogP contribution in [0.2, 0.25) is 0 Å².